The fourth-order valence-electron chi connectivity index (χ4n) is 1.89. The lowest BCUT2D eigenvalue weighted by molar-refractivity contribution is 0.0593. The van der Waals surface area contributed by atoms with E-state index in [1.54, 1.807) is 12.1 Å². The molecule has 1 aromatic heterocycles. The van der Waals surface area contributed by atoms with Crippen LogP contribution >= 0.6 is 0 Å². The highest BCUT2D eigenvalue weighted by Gasteiger charge is 2.07. The van der Waals surface area contributed by atoms with E-state index in [0.29, 0.717) is 5.82 Å². The largest absolute Gasteiger partial charge is 0.464 e. The van der Waals surface area contributed by atoms with Gasteiger partial charge in [-0.1, -0.05) is 39.5 Å². The van der Waals surface area contributed by atoms with Crippen molar-refractivity contribution in [1.82, 2.24) is 10.2 Å². The smallest absolute Gasteiger partial charge is 0.358 e. The number of hydrogen-bond acceptors (Lipinski definition) is 5. The number of aromatic nitrogens is 2. The van der Waals surface area contributed by atoms with Crippen LogP contribution in [0, 0.1) is 5.92 Å². The molecule has 0 bridgehead atoms. The molecular weight excluding hydrogens is 254 g/mol. The summed E-state index contributed by atoms with van der Waals surface area (Å²) in [5.41, 5.74) is 0.228. The van der Waals surface area contributed by atoms with E-state index in [4.69, 9.17) is 0 Å². The molecule has 20 heavy (non-hydrogen) atoms. The highest BCUT2D eigenvalue weighted by Crippen LogP contribution is 2.10. The monoisotopic (exact) mass is 279 g/mol. The number of ether oxygens (including phenoxy) is 1. The minimum Gasteiger partial charge on any atom is -0.464 e. The standard InChI is InChI=1S/C15H25N3O2/c1-12(2)8-6-4-5-7-11-16-14-10-9-13(17-18-14)15(19)20-3/h9-10,12H,4-8,11H2,1-3H3,(H,16,18). The molecule has 0 aliphatic heterocycles. The third-order valence-electron chi connectivity index (χ3n) is 3.07. The molecule has 5 heteroatoms. The molecule has 1 rings (SSSR count). The molecule has 0 radical (unpaired) electrons. The minimum absolute atomic E-state index is 0.228. The van der Waals surface area contributed by atoms with Crippen molar-refractivity contribution in [3.8, 4) is 0 Å². The summed E-state index contributed by atoms with van der Waals surface area (Å²) in [4.78, 5) is 11.2. The first-order chi connectivity index (χ1) is 9.63. The quantitative estimate of drug-likeness (QED) is 0.555. The summed E-state index contributed by atoms with van der Waals surface area (Å²) in [5, 5.41) is 11.0. The number of hydrogen-bond donors (Lipinski definition) is 1. The zero-order valence-electron chi connectivity index (χ0n) is 12.7. The molecule has 0 amide bonds. The third-order valence-corrected chi connectivity index (χ3v) is 3.07. The Morgan fingerprint density at radius 2 is 1.95 bits per heavy atom. The number of methoxy groups -OCH3 is 1. The number of nitrogens with zero attached hydrogens (tertiary/aromatic N) is 2. The van der Waals surface area contributed by atoms with Gasteiger partial charge in [0.2, 0.25) is 0 Å². The zero-order chi connectivity index (χ0) is 14.8. The number of nitrogens with one attached hydrogen (secondary N) is 1. The van der Waals surface area contributed by atoms with Gasteiger partial charge in [-0.2, -0.15) is 0 Å². The predicted octanol–water partition coefficient (Wildman–Crippen LogP) is 3.28. The Morgan fingerprint density at radius 3 is 2.55 bits per heavy atom. The average Bonchev–Trinajstić information content (AvgIpc) is 2.45. The van der Waals surface area contributed by atoms with Crippen LogP contribution < -0.4 is 5.32 Å². The van der Waals surface area contributed by atoms with Gasteiger partial charge >= 0.3 is 5.97 Å². The van der Waals surface area contributed by atoms with E-state index in [2.05, 4.69) is 34.1 Å². The van der Waals surface area contributed by atoms with E-state index in [0.717, 1.165) is 18.9 Å². The van der Waals surface area contributed by atoms with Gasteiger partial charge in [0.15, 0.2) is 5.69 Å². The van der Waals surface area contributed by atoms with Gasteiger partial charge in [0.25, 0.3) is 0 Å². The molecule has 0 atom stereocenters. The van der Waals surface area contributed by atoms with Gasteiger partial charge in [-0.05, 0) is 24.5 Å². The first kappa shape index (κ1) is 16.4. The van der Waals surface area contributed by atoms with Crippen LogP contribution in [0.25, 0.3) is 0 Å². The van der Waals surface area contributed by atoms with E-state index in [-0.39, 0.29) is 5.69 Å². The van der Waals surface area contributed by atoms with Gasteiger partial charge in [0, 0.05) is 6.54 Å². The number of esters is 1. The van der Waals surface area contributed by atoms with Crippen molar-refractivity contribution in [3.63, 3.8) is 0 Å². The van der Waals surface area contributed by atoms with Crippen molar-refractivity contribution < 1.29 is 9.53 Å². The zero-order valence-corrected chi connectivity index (χ0v) is 12.7. The predicted molar refractivity (Wildman–Crippen MR) is 79.8 cm³/mol. The lowest BCUT2D eigenvalue weighted by Gasteiger charge is -2.06. The SMILES string of the molecule is COC(=O)c1ccc(NCCCCCCC(C)C)nn1. The number of rotatable bonds is 9. The second kappa shape index (κ2) is 9.28. The van der Waals surface area contributed by atoms with Crippen molar-refractivity contribution in [2.75, 3.05) is 19.0 Å². The third kappa shape index (κ3) is 6.50. The molecule has 1 aromatic rings. The van der Waals surface area contributed by atoms with Crippen LogP contribution in [-0.2, 0) is 4.74 Å². The van der Waals surface area contributed by atoms with Crippen molar-refractivity contribution in [3.05, 3.63) is 17.8 Å². The van der Waals surface area contributed by atoms with Crippen LogP contribution in [0.5, 0.6) is 0 Å². The second-order valence-corrected chi connectivity index (χ2v) is 5.32. The first-order valence-electron chi connectivity index (χ1n) is 7.29. The number of carbonyl (C=O) groups is 1. The normalized spacial score (nSPS) is 10.6. The second-order valence-electron chi connectivity index (χ2n) is 5.32. The Labute approximate surface area is 121 Å². The number of anilines is 1. The van der Waals surface area contributed by atoms with Crippen molar-refractivity contribution in [2.24, 2.45) is 5.92 Å². The maximum Gasteiger partial charge on any atom is 0.358 e. The van der Waals surface area contributed by atoms with E-state index < -0.39 is 5.97 Å². The summed E-state index contributed by atoms with van der Waals surface area (Å²) in [6.45, 7) is 5.41. The highest BCUT2D eigenvalue weighted by atomic mass is 16.5. The van der Waals surface area contributed by atoms with Gasteiger partial charge in [-0.15, -0.1) is 10.2 Å². The molecule has 0 saturated carbocycles. The topological polar surface area (TPSA) is 64.1 Å². The summed E-state index contributed by atoms with van der Waals surface area (Å²) in [6.07, 6.45) is 6.26. The molecule has 0 aliphatic carbocycles. The summed E-state index contributed by atoms with van der Waals surface area (Å²) in [6, 6.07) is 3.36. The van der Waals surface area contributed by atoms with Gasteiger partial charge in [0.05, 0.1) is 7.11 Å². The highest BCUT2D eigenvalue weighted by molar-refractivity contribution is 5.86. The molecule has 112 valence electrons. The summed E-state index contributed by atoms with van der Waals surface area (Å²) < 4.78 is 4.57. The van der Waals surface area contributed by atoms with Crippen LogP contribution in [0.4, 0.5) is 5.82 Å². The lowest BCUT2D eigenvalue weighted by atomic mass is 10.0. The van der Waals surface area contributed by atoms with Crippen molar-refractivity contribution >= 4 is 11.8 Å². The molecular formula is C15H25N3O2. The summed E-state index contributed by atoms with van der Waals surface area (Å²) >= 11 is 0. The van der Waals surface area contributed by atoms with Gasteiger partial charge in [-0.3, -0.25) is 0 Å². The van der Waals surface area contributed by atoms with Gasteiger partial charge in [0.1, 0.15) is 5.82 Å². The van der Waals surface area contributed by atoms with E-state index in [9.17, 15) is 4.79 Å². The molecule has 0 fully saturated rings. The van der Waals surface area contributed by atoms with Crippen LogP contribution in [-0.4, -0.2) is 29.8 Å². The Kier molecular flexibility index (Phi) is 7.62. The average molecular weight is 279 g/mol. The maximum atomic E-state index is 11.2. The number of unbranched alkanes of at least 4 members (excludes halogenated alkanes) is 3. The molecule has 5 nitrogen and oxygen atoms in total. The van der Waals surface area contributed by atoms with E-state index in [1.807, 2.05) is 0 Å². The molecule has 1 heterocycles. The number of carbonyl (C=O) groups excluding carboxylic acids is 1. The van der Waals surface area contributed by atoms with Crippen LogP contribution in [0.15, 0.2) is 12.1 Å². The molecule has 0 aromatic carbocycles. The van der Waals surface area contributed by atoms with Crippen molar-refractivity contribution in [2.45, 2.75) is 46.0 Å². The van der Waals surface area contributed by atoms with Gasteiger partial charge in [-0.25, -0.2) is 4.79 Å². The van der Waals surface area contributed by atoms with E-state index >= 15 is 0 Å². The van der Waals surface area contributed by atoms with Gasteiger partial charge < -0.3 is 10.1 Å². The Morgan fingerprint density at radius 1 is 1.20 bits per heavy atom. The molecule has 1 N–H and O–H groups in total. The van der Waals surface area contributed by atoms with Crippen LogP contribution in [0.1, 0.15) is 56.4 Å². The molecule has 0 spiro atoms. The molecule has 0 aliphatic rings. The molecule has 0 unspecified atom stereocenters. The Bertz CT molecular complexity index is 391. The lowest BCUT2D eigenvalue weighted by Crippen LogP contribution is -2.08. The fraction of sp³-hybridized carbons (Fsp3) is 0.667. The van der Waals surface area contributed by atoms with Crippen LogP contribution in [0.2, 0.25) is 0 Å². The Hall–Kier alpha value is -1.65. The molecule has 0 saturated heterocycles. The summed E-state index contributed by atoms with van der Waals surface area (Å²) in [5.74, 6) is 1.03. The van der Waals surface area contributed by atoms with Crippen LogP contribution in [0.3, 0.4) is 0 Å². The maximum absolute atomic E-state index is 11.2. The van der Waals surface area contributed by atoms with E-state index in [1.165, 1.54) is 32.8 Å². The van der Waals surface area contributed by atoms with Crippen molar-refractivity contribution in [1.29, 1.82) is 0 Å². The first-order valence-corrected chi connectivity index (χ1v) is 7.29. The summed E-state index contributed by atoms with van der Waals surface area (Å²) in [7, 11) is 1.33. The minimum atomic E-state index is -0.464. The fourth-order valence-corrected chi connectivity index (χ4v) is 1.89. The Balaban J connectivity index is 2.14.